The predicted octanol–water partition coefficient (Wildman–Crippen LogP) is 4.92. The molecule has 6 heteroatoms. The fourth-order valence-electron chi connectivity index (χ4n) is 4.95. The highest BCUT2D eigenvalue weighted by molar-refractivity contribution is 6.30. The monoisotopic (exact) mass is 448 g/mol. The van der Waals surface area contributed by atoms with Crippen LogP contribution in [0.1, 0.15) is 42.0 Å². The molecule has 2 aromatic carbocycles. The standard InChI is InChI=1S/C24H29ClN2O2.ClH/c1-26(23(28)16-17-8-10-18(25)11-9-17)24-20-6-5-7-22(29-2)19(20)12-13-21(24)27-14-3-4-15-27;/h5-11,21,24H,3-4,12-16H2,1-2H3;1H/t21-,24-;/m0./s1. The van der Waals surface area contributed by atoms with E-state index in [9.17, 15) is 4.79 Å². The number of nitrogens with zero attached hydrogens (tertiary/aromatic N) is 2. The Bertz CT molecular complexity index is 866. The number of fused-ring (bicyclic) bond motifs is 1. The van der Waals surface area contributed by atoms with E-state index in [2.05, 4.69) is 17.0 Å². The van der Waals surface area contributed by atoms with Crippen molar-refractivity contribution < 1.29 is 9.53 Å². The molecule has 2 atom stereocenters. The summed E-state index contributed by atoms with van der Waals surface area (Å²) in [6, 6.07) is 14.2. The van der Waals surface area contributed by atoms with Gasteiger partial charge in [-0.1, -0.05) is 35.9 Å². The van der Waals surface area contributed by atoms with Crippen LogP contribution in [0.15, 0.2) is 42.5 Å². The van der Waals surface area contributed by atoms with Crippen LogP contribution in [0.5, 0.6) is 5.75 Å². The summed E-state index contributed by atoms with van der Waals surface area (Å²) >= 11 is 6.00. The first-order chi connectivity index (χ1) is 14.1. The van der Waals surface area contributed by atoms with Crippen molar-refractivity contribution in [2.24, 2.45) is 0 Å². The van der Waals surface area contributed by atoms with Crippen LogP contribution in [0.3, 0.4) is 0 Å². The normalized spacial score (nSPS) is 20.9. The van der Waals surface area contributed by atoms with Gasteiger partial charge in [-0.3, -0.25) is 9.69 Å². The predicted molar refractivity (Wildman–Crippen MR) is 124 cm³/mol. The number of benzene rings is 2. The number of likely N-dealkylation sites (tertiary alicyclic amines) is 1. The van der Waals surface area contributed by atoms with Gasteiger partial charge in [0.25, 0.3) is 0 Å². The lowest BCUT2D eigenvalue weighted by atomic mass is 9.81. The van der Waals surface area contributed by atoms with Crippen LogP contribution in [-0.2, 0) is 17.6 Å². The van der Waals surface area contributed by atoms with Crippen molar-refractivity contribution in [3.05, 3.63) is 64.2 Å². The van der Waals surface area contributed by atoms with Gasteiger partial charge in [0.05, 0.1) is 19.6 Å². The van der Waals surface area contributed by atoms with E-state index in [1.807, 2.05) is 42.3 Å². The van der Waals surface area contributed by atoms with E-state index in [4.69, 9.17) is 16.3 Å². The second kappa shape index (κ2) is 10.0. The third-order valence-electron chi connectivity index (χ3n) is 6.45. The van der Waals surface area contributed by atoms with Crippen LogP contribution in [0.4, 0.5) is 0 Å². The molecule has 1 aliphatic heterocycles. The van der Waals surface area contributed by atoms with Gasteiger partial charge in [-0.05, 0) is 73.7 Å². The molecule has 0 N–H and O–H groups in total. The zero-order valence-electron chi connectivity index (χ0n) is 17.6. The number of hydrogen-bond donors (Lipinski definition) is 0. The number of halogens is 2. The van der Waals surface area contributed by atoms with Gasteiger partial charge in [0.2, 0.25) is 5.91 Å². The SMILES string of the molecule is COc1cccc2c1CC[C@H](N1CCCC1)[C@H]2N(C)C(=O)Cc1ccc(Cl)cc1.Cl. The van der Waals surface area contributed by atoms with Gasteiger partial charge >= 0.3 is 0 Å². The molecule has 1 fully saturated rings. The second-order valence-corrected chi connectivity index (χ2v) is 8.57. The van der Waals surface area contributed by atoms with Crippen LogP contribution >= 0.6 is 24.0 Å². The minimum absolute atomic E-state index is 0. The number of rotatable bonds is 5. The van der Waals surface area contributed by atoms with Crippen molar-refractivity contribution in [2.75, 3.05) is 27.2 Å². The van der Waals surface area contributed by atoms with E-state index in [-0.39, 0.29) is 24.4 Å². The van der Waals surface area contributed by atoms with Crippen molar-refractivity contribution in [1.29, 1.82) is 0 Å². The first kappa shape index (κ1) is 22.9. The number of amides is 1. The van der Waals surface area contributed by atoms with Crippen LogP contribution in [0, 0.1) is 0 Å². The Morgan fingerprint density at radius 3 is 2.53 bits per heavy atom. The largest absolute Gasteiger partial charge is 0.496 e. The van der Waals surface area contributed by atoms with Gasteiger partial charge in [-0.2, -0.15) is 0 Å². The Morgan fingerprint density at radius 2 is 1.87 bits per heavy atom. The molecule has 4 nitrogen and oxygen atoms in total. The quantitative estimate of drug-likeness (QED) is 0.650. The van der Waals surface area contributed by atoms with Gasteiger partial charge in [0.1, 0.15) is 5.75 Å². The molecule has 30 heavy (non-hydrogen) atoms. The summed E-state index contributed by atoms with van der Waals surface area (Å²) in [5, 5.41) is 0.692. The average Bonchev–Trinajstić information content (AvgIpc) is 3.28. The maximum absolute atomic E-state index is 13.3. The molecule has 0 spiro atoms. The molecule has 1 amide bonds. The minimum atomic E-state index is 0. The fourth-order valence-corrected chi connectivity index (χ4v) is 5.08. The number of carbonyl (C=O) groups is 1. The number of carbonyl (C=O) groups excluding carboxylic acids is 1. The molecule has 0 saturated carbocycles. The van der Waals surface area contributed by atoms with Gasteiger partial charge < -0.3 is 9.64 Å². The first-order valence-electron chi connectivity index (χ1n) is 10.5. The van der Waals surface area contributed by atoms with E-state index in [0.29, 0.717) is 17.5 Å². The Kier molecular flexibility index (Phi) is 7.67. The van der Waals surface area contributed by atoms with Crippen LogP contribution in [-0.4, -0.2) is 49.0 Å². The summed E-state index contributed by atoms with van der Waals surface area (Å²) < 4.78 is 5.64. The van der Waals surface area contributed by atoms with Gasteiger partial charge in [0.15, 0.2) is 0 Å². The first-order valence-corrected chi connectivity index (χ1v) is 10.9. The third-order valence-corrected chi connectivity index (χ3v) is 6.70. The summed E-state index contributed by atoms with van der Waals surface area (Å²) in [5.41, 5.74) is 3.48. The maximum Gasteiger partial charge on any atom is 0.227 e. The lowest BCUT2D eigenvalue weighted by molar-refractivity contribution is -0.133. The molecule has 2 aromatic rings. The molecule has 0 radical (unpaired) electrons. The van der Waals surface area contributed by atoms with E-state index in [1.54, 1.807) is 7.11 Å². The number of hydrogen-bond acceptors (Lipinski definition) is 3. The maximum atomic E-state index is 13.3. The molecule has 1 saturated heterocycles. The highest BCUT2D eigenvalue weighted by atomic mass is 35.5. The van der Waals surface area contributed by atoms with Gasteiger partial charge in [-0.25, -0.2) is 0 Å². The summed E-state index contributed by atoms with van der Waals surface area (Å²) in [5.74, 6) is 1.07. The molecule has 0 unspecified atom stereocenters. The topological polar surface area (TPSA) is 32.8 Å². The van der Waals surface area contributed by atoms with Crippen molar-refractivity contribution in [2.45, 2.75) is 44.2 Å². The van der Waals surface area contributed by atoms with Gasteiger partial charge in [0, 0.05) is 18.1 Å². The Hall–Kier alpha value is -1.75. The lowest BCUT2D eigenvalue weighted by Gasteiger charge is -2.44. The molecule has 0 bridgehead atoms. The van der Waals surface area contributed by atoms with Crippen LogP contribution in [0.25, 0.3) is 0 Å². The zero-order chi connectivity index (χ0) is 20.4. The summed E-state index contributed by atoms with van der Waals surface area (Å²) in [4.78, 5) is 17.8. The van der Waals surface area contributed by atoms with Crippen LogP contribution in [0.2, 0.25) is 5.02 Å². The Morgan fingerprint density at radius 1 is 1.17 bits per heavy atom. The molecule has 162 valence electrons. The van der Waals surface area contributed by atoms with Crippen LogP contribution < -0.4 is 4.74 Å². The lowest BCUT2D eigenvalue weighted by Crippen LogP contribution is -2.48. The van der Waals surface area contributed by atoms with E-state index in [0.717, 1.165) is 37.2 Å². The molecular formula is C24H30Cl2N2O2. The fraction of sp³-hybridized carbons (Fsp3) is 0.458. The molecule has 4 rings (SSSR count). The molecule has 1 heterocycles. The second-order valence-electron chi connectivity index (χ2n) is 8.13. The third kappa shape index (κ3) is 4.61. The minimum Gasteiger partial charge on any atom is -0.496 e. The number of methoxy groups -OCH3 is 1. The van der Waals surface area contributed by atoms with Crippen molar-refractivity contribution in [3.63, 3.8) is 0 Å². The number of ether oxygens (including phenoxy) is 1. The molecular weight excluding hydrogens is 419 g/mol. The smallest absolute Gasteiger partial charge is 0.227 e. The van der Waals surface area contributed by atoms with Crippen molar-refractivity contribution >= 4 is 29.9 Å². The highest BCUT2D eigenvalue weighted by Crippen LogP contribution is 2.41. The molecule has 1 aliphatic carbocycles. The van der Waals surface area contributed by atoms with Crippen molar-refractivity contribution in [1.82, 2.24) is 9.80 Å². The molecule has 2 aliphatic rings. The van der Waals surface area contributed by atoms with Crippen molar-refractivity contribution in [3.8, 4) is 5.75 Å². The Labute approximate surface area is 190 Å². The zero-order valence-corrected chi connectivity index (χ0v) is 19.2. The summed E-state index contributed by atoms with van der Waals surface area (Å²) in [6.45, 7) is 2.25. The Balaban J connectivity index is 0.00000256. The van der Waals surface area contributed by atoms with E-state index >= 15 is 0 Å². The molecule has 0 aromatic heterocycles. The highest BCUT2D eigenvalue weighted by Gasteiger charge is 2.39. The van der Waals surface area contributed by atoms with E-state index in [1.165, 1.54) is 24.0 Å². The summed E-state index contributed by atoms with van der Waals surface area (Å²) in [7, 11) is 3.69. The number of likely N-dealkylation sites (N-methyl/N-ethyl adjacent to an activating group) is 1. The summed E-state index contributed by atoms with van der Waals surface area (Å²) in [6.07, 6.45) is 4.93. The van der Waals surface area contributed by atoms with Gasteiger partial charge in [-0.15, -0.1) is 12.4 Å². The van der Waals surface area contributed by atoms with E-state index < -0.39 is 0 Å². The average molecular weight is 449 g/mol.